The molecule has 1 aliphatic rings. The standard InChI is InChI=1S/C16H20FN3/c1-12-9-13(17)11-15(10-12)20-8-7-18-16(20)19-14-5-3-2-4-6-14/h7-11,14H,2-6H2,1H3,(H,18,19). The maximum Gasteiger partial charge on any atom is 0.207 e. The van der Waals surface area contributed by atoms with Gasteiger partial charge in [0.05, 0.1) is 5.69 Å². The van der Waals surface area contributed by atoms with Crippen LogP contribution in [0.1, 0.15) is 37.7 Å². The van der Waals surface area contributed by atoms with Crippen LogP contribution >= 0.6 is 0 Å². The predicted molar refractivity (Wildman–Crippen MR) is 78.8 cm³/mol. The molecule has 0 saturated heterocycles. The van der Waals surface area contributed by atoms with E-state index in [1.165, 1.54) is 38.2 Å². The first-order valence-electron chi connectivity index (χ1n) is 7.30. The lowest BCUT2D eigenvalue weighted by Crippen LogP contribution is -2.24. The van der Waals surface area contributed by atoms with Gasteiger partial charge >= 0.3 is 0 Å². The monoisotopic (exact) mass is 273 g/mol. The topological polar surface area (TPSA) is 29.9 Å². The van der Waals surface area contributed by atoms with Crippen LogP contribution in [0, 0.1) is 12.7 Å². The number of halogens is 1. The highest BCUT2D eigenvalue weighted by atomic mass is 19.1. The summed E-state index contributed by atoms with van der Waals surface area (Å²) in [5.74, 6) is 0.596. The van der Waals surface area contributed by atoms with E-state index in [-0.39, 0.29) is 5.82 Å². The third kappa shape index (κ3) is 2.84. The van der Waals surface area contributed by atoms with Crippen molar-refractivity contribution in [2.24, 2.45) is 0 Å². The molecule has 0 unspecified atom stereocenters. The second-order valence-electron chi connectivity index (χ2n) is 5.59. The molecule has 0 atom stereocenters. The fourth-order valence-corrected chi connectivity index (χ4v) is 2.90. The van der Waals surface area contributed by atoms with Gasteiger partial charge in [0.25, 0.3) is 0 Å². The zero-order valence-electron chi connectivity index (χ0n) is 11.8. The summed E-state index contributed by atoms with van der Waals surface area (Å²) in [6, 6.07) is 5.53. The maximum absolute atomic E-state index is 13.6. The highest BCUT2D eigenvalue weighted by Gasteiger charge is 2.15. The minimum Gasteiger partial charge on any atom is -0.353 e. The molecular weight excluding hydrogens is 253 g/mol. The van der Waals surface area contributed by atoms with Crippen LogP contribution in [0.5, 0.6) is 0 Å². The Morgan fingerprint density at radius 2 is 2.00 bits per heavy atom. The fourth-order valence-electron chi connectivity index (χ4n) is 2.90. The number of benzene rings is 1. The molecule has 1 aromatic heterocycles. The van der Waals surface area contributed by atoms with Gasteiger partial charge in [0.1, 0.15) is 5.82 Å². The second kappa shape index (κ2) is 5.65. The average molecular weight is 273 g/mol. The highest BCUT2D eigenvalue weighted by Crippen LogP contribution is 2.23. The Kier molecular flexibility index (Phi) is 3.72. The minimum atomic E-state index is -0.211. The van der Waals surface area contributed by atoms with Crippen LogP contribution in [0.25, 0.3) is 5.69 Å². The summed E-state index contributed by atoms with van der Waals surface area (Å²) in [6.45, 7) is 1.90. The Labute approximate surface area is 118 Å². The molecular formula is C16H20FN3. The second-order valence-corrected chi connectivity index (χ2v) is 5.59. The molecule has 1 aromatic carbocycles. The summed E-state index contributed by atoms with van der Waals surface area (Å²) in [6.07, 6.45) is 9.89. The summed E-state index contributed by atoms with van der Waals surface area (Å²) >= 11 is 0. The minimum absolute atomic E-state index is 0.211. The Hall–Kier alpha value is -1.84. The van der Waals surface area contributed by atoms with E-state index in [4.69, 9.17) is 0 Å². The van der Waals surface area contributed by atoms with E-state index in [1.807, 2.05) is 23.8 Å². The lowest BCUT2D eigenvalue weighted by molar-refractivity contribution is 0.460. The number of aromatic nitrogens is 2. The first-order chi connectivity index (χ1) is 9.72. The highest BCUT2D eigenvalue weighted by molar-refractivity contribution is 5.44. The van der Waals surface area contributed by atoms with Crippen molar-refractivity contribution in [2.45, 2.75) is 45.1 Å². The van der Waals surface area contributed by atoms with Gasteiger partial charge in [0.2, 0.25) is 5.95 Å². The Morgan fingerprint density at radius 3 is 2.75 bits per heavy atom. The molecule has 4 heteroatoms. The van der Waals surface area contributed by atoms with Gasteiger partial charge in [-0.1, -0.05) is 19.3 Å². The van der Waals surface area contributed by atoms with Gasteiger partial charge in [-0.25, -0.2) is 9.37 Å². The zero-order chi connectivity index (χ0) is 13.9. The molecule has 0 spiro atoms. The van der Waals surface area contributed by atoms with Crippen LogP contribution in [0.2, 0.25) is 0 Å². The van der Waals surface area contributed by atoms with E-state index in [0.717, 1.165) is 17.2 Å². The summed E-state index contributed by atoms with van der Waals surface area (Å²) in [5, 5.41) is 3.50. The number of rotatable bonds is 3. The Balaban J connectivity index is 1.85. The summed E-state index contributed by atoms with van der Waals surface area (Å²) < 4.78 is 15.5. The van der Waals surface area contributed by atoms with Crippen molar-refractivity contribution in [1.29, 1.82) is 0 Å². The van der Waals surface area contributed by atoms with E-state index >= 15 is 0 Å². The predicted octanol–water partition coefficient (Wildman–Crippen LogP) is 4.06. The van der Waals surface area contributed by atoms with Gasteiger partial charge in [0, 0.05) is 18.4 Å². The van der Waals surface area contributed by atoms with Crippen LogP contribution in [-0.2, 0) is 0 Å². The van der Waals surface area contributed by atoms with E-state index in [2.05, 4.69) is 10.3 Å². The molecule has 3 rings (SSSR count). The molecule has 3 nitrogen and oxygen atoms in total. The number of hydrogen-bond donors (Lipinski definition) is 1. The van der Waals surface area contributed by atoms with Gasteiger partial charge in [0.15, 0.2) is 0 Å². The molecule has 1 heterocycles. The SMILES string of the molecule is Cc1cc(F)cc(-n2ccnc2NC2CCCCC2)c1. The summed E-state index contributed by atoms with van der Waals surface area (Å²) in [5.41, 5.74) is 1.73. The van der Waals surface area contributed by atoms with E-state index in [0.29, 0.717) is 6.04 Å². The first-order valence-corrected chi connectivity index (χ1v) is 7.30. The molecule has 0 radical (unpaired) electrons. The van der Waals surface area contributed by atoms with Crippen LogP contribution in [0.4, 0.5) is 10.3 Å². The maximum atomic E-state index is 13.6. The van der Waals surface area contributed by atoms with Crippen molar-refractivity contribution in [3.63, 3.8) is 0 Å². The van der Waals surface area contributed by atoms with Crippen molar-refractivity contribution < 1.29 is 4.39 Å². The molecule has 106 valence electrons. The molecule has 1 fully saturated rings. The average Bonchev–Trinajstić information content (AvgIpc) is 2.87. The molecule has 2 aromatic rings. The number of aryl methyl sites for hydroxylation is 1. The third-order valence-electron chi connectivity index (χ3n) is 3.88. The van der Waals surface area contributed by atoms with Gasteiger partial charge in [-0.2, -0.15) is 0 Å². The summed E-state index contributed by atoms with van der Waals surface area (Å²) in [4.78, 5) is 4.38. The third-order valence-corrected chi connectivity index (χ3v) is 3.88. The van der Waals surface area contributed by atoms with Crippen molar-refractivity contribution >= 4 is 5.95 Å². The van der Waals surface area contributed by atoms with Crippen molar-refractivity contribution in [3.05, 3.63) is 42.0 Å². The number of nitrogens with one attached hydrogen (secondary N) is 1. The van der Waals surface area contributed by atoms with Gasteiger partial charge < -0.3 is 5.32 Å². The van der Waals surface area contributed by atoms with Crippen LogP contribution in [0.3, 0.4) is 0 Å². The molecule has 1 aliphatic carbocycles. The molecule has 20 heavy (non-hydrogen) atoms. The van der Waals surface area contributed by atoms with Crippen molar-refractivity contribution in [1.82, 2.24) is 9.55 Å². The molecule has 1 saturated carbocycles. The van der Waals surface area contributed by atoms with Crippen LogP contribution in [-0.4, -0.2) is 15.6 Å². The molecule has 1 N–H and O–H groups in total. The van der Waals surface area contributed by atoms with E-state index < -0.39 is 0 Å². The number of hydrogen-bond acceptors (Lipinski definition) is 2. The van der Waals surface area contributed by atoms with Crippen LogP contribution < -0.4 is 5.32 Å². The number of imidazole rings is 1. The molecule has 0 bridgehead atoms. The normalized spacial score (nSPS) is 16.3. The molecule has 0 amide bonds. The quantitative estimate of drug-likeness (QED) is 0.913. The smallest absolute Gasteiger partial charge is 0.207 e. The number of anilines is 1. The first kappa shape index (κ1) is 13.2. The lowest BCUT2D eigenvalue weighted by Gasteiger charge is -2.23. The van der Waals surface area contributed by atoms with Gasteiger partial charge in [-0.05, 0) is 43.5 Å². The van der Waals surface area contributed by atoms with Crippen LogP contribution in [0.15, 0.2) is 30.6 Å². The van der Waals surface area contributed by atoms with Gasteiger partial charge in [-0.3, -0.25) is 4.57 Å². The fraction of sp³-hybridized carbons (Fsp3) is 0.438. The molecule has 0 aliphatic heterocycles. The Morgan fingerprint density at radius 1 is 1.20 bits per heavy atom. The van der Waals surface area contributed by atoms with E-state index in [9.17, 15) is 4.39 Å². The zero-order valence-corrected chi connectivity index (χ0v) is 11.8. The summed E-state index contributed by atoms with van der Waals surface area (Å²) in [7, 11) is 0. The number of nitrogens with zero attached hydrogens (tertiary/aromatic N) is 2. The Bertz CT molecular complexity index is 565. The largest absolute Gasteiger partial charge is 0.353 e. The van der Waals surface area contributed by atoms with Crippen molar-refractivity contribution in [3.8, 4) is 5.69 Å². The van der Waals surface area contributed by atoms with Crippen molar-refractivity contribution in [2.75, 3.05) is 5.32 Å². The van der Waals surface area contributed by atoms with Gasteiger partial charge in [-0.15, -0.1) is 0 Å². The van der Waals surface area contributed by atoms with E-state index in [1.54, 1.807) is 12.3 Å². The lowest BCUT2D eigenvalue weighted by atomic mass is 9.96.